The lowest BCUT2D eigenvalue weighted by molar-refractivity contribution is 0.00118. The second-order valence-electron chi connectivity index (χ2n) is 8.73. The quantitative estimate of drug-likeness (QED) is 0.530. The summed E-state index contributed by atoms with van der Waals surface area (Å²) in [5.74, 6) is 0. The average molecular weight is 373 g/mol. The molecule has 6 heteroatoms. The van der Waals surface area contributed by atoms with Crippen molar-refractivity contribution < 1.29 is 19.1 Å². The van der Waals surface area contributed by atoms with Crippen LogP contribution in [0.4, 0.5) is 9.59 Å². The molecule has 0 saturated heterocycles. The van der Waals surface area contributed by atoms with E-state index in [1.807, 2.05) is 0 Å². The van der Waals surface area contributed by atoms with E-state index in [-0.39, 0.29) is 0 Å². The Bertz CT molecular complexity index is 383. The standard InChI is InChI=1S/C20H40N2O4/c1-19(2,3)25-17(23)22(18(24)26-20(4,5)6)16-14-12-10-8-7-9-11-13-15-21/h7-16,21H2,1-6H3. The number of nitrogens with two attached hydrogens (primary N) is 1. The van der Waals surface area contributed by atoms with Crippen molar-refractivity contribution in [1.82, 2.24) is 4.90 Å². The number of carbonyl (C=O) groups is 2. The van der Waals surface area contributed by atoms with E-state index in [0.717, 1.165) is 37.1 Å². The number of rotatable bonds is 10. The third-order valence-electron chi connectivity index (χ3n) is 3.56. The van der Waals surface area contributed by atoms with E-state index in [0.29, 0.717) is 6.54 Å². The summed E-state index contributed by atoms with van der Waals surface area (Å²) in [5.41, 5.74) is 4.18. The second-order valence-corrected chi connectivity index (χ2v) is 8.73. The highest BCUT2D eigenvalue weighted by atomic mass is 16.6. The van der Waals surface area contributed by atoms with Crippen molar-refractivity contribution in [3.05, 3.63) is 0 Å². The summed E-state index contributed by atoms with van der Waals surface area (Å²) in [6.45, 7) is 11.8. The summed E-state index contributed by atoms with van der Waals surface area (Å²) in [5, 5.41) is 0. The van der Waals surface area contributed by atoms with Gasteiger partial charge in [-0.05, 0) is 60.9 Å². The van der Waals surface area contributed by atoms with Gasteiger partial charge in [-0.3, -0.25) is 0 Å². The molecular formula is C20H40N2O4. The van der Waals surface area contributed by atoms with Crippen molar-refractivity contribution in [2.75, 3.05) is 13.1 Å². The lowest BCUT2D eigenvalue weighted by atomic mass is 10.1. The van der Waals surface area contributed by atoms with Gasteiger partial charge in [0, 0.05) is 6.54 Å². The maximum absolute atomic E-state index is 12.3. The van der Waals surface area contributed by atoms with E-state index in [2.05, 4.69) is 0 Å². The number of nitrogens with zero attached hydrogens (tertiary/aromatic N) is 1. The fourth-order valence-electron chi connectivity index (χ4n) is 2.37. The molecule has 0 aromatic rings. The van der Waals surface area contributed by atoms with Crippen LogP contribution in [0.2, 0.25) is 0 Å². The van der Waals surface area contributed by atoms with Gasteiger partial charge in [0.05, 0.1) is 0 Å². The SMILES string of the molecule is CC(C)(C)OC(=O)N(CCCCCCCCCCN)C(=O)OC(C)(C)C. The van der Waals surface area contributed by atoms with Crippen molar-refractivity contribution >= 4 is 12.2 Å². The first-order valence-electron chi connectivity index (χ1n) is 9.90. The van der Waals surface area contributed by atoms with Gasteiger partial charge in [0.15, 0.2) is 0 Å². The molecule has 0 aliphatic rings. The fraction of sp³-hybridized carbons (Fsp3) is 0.900. The lowest BCUT2D eigenvalue weighted by Crippen LogP contribution is -2.44. The molecule has 2 amide bonds. The van der Waals surface area contributed by atoms with Gasteiger partial charge in [-0.15, -0.1) is 0 Å². The molecule has 0 heterocycles. The van der Waals surface area contributed by atoms with Crippen LogP contribution in [0, 0.1) is 0 Å². The van der Waals surface area contributed by atoms with E-state index in [1.165, 1.54) is 25.7 Å². The van der Waals surface area contributed by atoms with Crippen molar-refractivity contribution in [1.29, 1.82) is 0 Å². The molecule has 0 aromatic carbocycles. The number of unbranched alkanes of at least 4 members (excludes halogenated alkanes) is 7. The summed E-state index contributed by atoms with van der Waals surface area (Å²) in [6.07, 6.45) is 7.42. The van der Waals surface area contributed by atoms with Crippen LogP contribution in [0.25, 0.3) is 0 Å². The highest BCUT2D eigenvalue weighted by Crippen LogP contribution is 2.16. The molecule has 0 radical (unpaired) electrons. The second kappa shape index (κ2) is 12.2. The van der Waals surface area contributed by atoms with E-state index < -0.39 is 23.4 Å². The third-order valence-corrected chi connectivity index (χ3v) is 3.56. The molecule has 0 atom stereocenters. The molecule has 0 fully saturated rings. The first-order valence-corrected chi connectivity index (χ1v) is 9.90. The van der Waals surface area contributed by atoms with Crippen molar-refractivity contribution in [2.45, 2.75) is 104 Å². The van der Waals surface area contributed by atoms with Gasteiger partial charge in [-0.2, -0.15) is 0 Å². The number of carbonyl (C=O) groups excluding carboxylic acids is 2. The van der Waals surface area contributed by atoms with E-state index in [1.54, 1.807) is 41.5 Å². The van der Waals surface area contributed by atoms with Gasteiger partial charge in [0.2, 0.25) is 0 Å². The topological polar surface area (TPSA) is 81.9 Å². The summed E-state index contributed by atoms with van der Waals surface area (Å²) >= 11 is 0. The normalized spacial score (nSPS) is 12.0. The lowest BCUT2D eigenvalue weighted by Gasteiger charge is -2.28. The van der Waals surface area contributed by atoms with Crippen LogP contribution < -0.4 is 5.73 Å². The summed E-state index contributed by atoms with van der Waals surface area (Å²) in [6, 6.07) is 0. The zero-order valence-electron chi connectivity index (χ0n) is 17.7. The Morgan fingerprint density at radius 1 is 0.692 bits per heavy atom. The van der Waals surface area contributed by atoms with Crippen LogP contribution in [-0.4, -0.2) is 41.4 Å². The van der Waals surface area contributed by atoms with Crippen LogP contribution in [0.1, 0.15) is 92.9 Å². The van der Waals surface area contributed by atoms with Crippen LogP contribution in [-0.2, 0) is 9.47 Å². The molecule has 0 rings (SSSR count). The van der Waals surface area contributed by atoms with Crippen LogP contribution in [0.15, 0.2) is 0 Å². The first kappa shape index (κ1) is 24.7. The third kappa shape index (κ3) is 13.9. The van der Waals surface area contributed by atoms with Crippen LogP contribution in [0.3, 0.4) is 0 Å². The molecule has 0 saturated carbocycles. The van der Waals surface area contributed by atoms with Gasteiger partial charge in [-0.25, -0.2) is 14.5 Å². The zero-order valence-corrected chi connectivity index (χ0v) is 17.7. The van der Waals surface area contributed by atoms with E-state index in [9.17, 15) is 9.59 Å². The largest absolute Gasteiger partial charge is 0.443 e. The Kier molecular flexibility index (Phi) is 11.5. The van der Waals surface area contributed by atoms with Gasteiger partial charge < -0.3 is 15.2 Å². The molecule has 0 bridgehead atoms. The Morgan fingerprint density at radius 2 is 1.04 bits per heavy atom. The smallest absolute Gasteiger partial charge is 0.419 e. The van der Waals surface area contributed by atoms with E-state index >= 15 is 0 Å². The van der Waals surface area contributed by atoms with Crippen LogP contribution in [0.5, 0.6) is 0 Å². The van der Waals surface area contributed by atoms with Crippen molar-refractivity contribution in [3.63, 3.8) is 0 Å². The predicted octanol–water partition coefficient (Wildman–Crippen LogP) is 5.24. The zero-order chi connectivity index (χ0) is 20.2. The molecule has 154 valence electrons. The minimum atomic E-state index is -0.652. The minimum Gasteiger partial charge on any atom is -0.443 e. The Balaban J connectivity index is 4.36. The average Bonchev–Trinajstić information content (AvgIpc) is 2.45. The van der Waals surface area contributed by atoms with Gasteiger partial charge >= 0.3 is 12.2 Å². The monoisotopic (exact) mass is 372 g/mol. The highest BCUT2D eigenvalue weighted by Gasteiger charge is 2.30. The molecule has 0 aliphatic heterocycles. The molecule has 0 aromatic heterocycles. The number of amides is 2. The number of ether oxygens (including phenoxy) is 2. The predicted molar refractivity (Wildman–Crippen MR) is 105 cm³/mol. The van der Waals surface area contributed by atoms with Gasteiger partial charge in [0.25, 0.3) is 0 Å². The molecular weight excluding hydrogens is 332 g/mol. The fourth-order valence-corrected chi connectivity index (χ4v) is 2.37. The van der Waals surface area contributed by atoms with Crippen LogP contribution >= 0.6 is 0 Å². The molecule has 0 spiro atoms. The number of hydrogen-bond acceptors (Lipinski definition) is 5. The Morgan fingerprint density at radius 3 is 1.38 bits per heavy atom. The summed E-state index contributed by atoms with van der Waals surface area (Å²) in [7, 11) is 0. The number of hydrogen-bond donors (Lipinski definition) is 1. The molecule has 0 aliphatic carbocycles. The van der Waals surface area contributed by atoms with E-state index in [4.69, 9.17) is 15.2 Å². The highest BCUT2D eigenvalue weighted by molar-refractivity contribution is 5.88. The number of imide groups is 1. The molecule has 26 heavy (non-hydrogen) atoms. The van der Waals surface area contributed by atoms with Crippen molar-refractivity contribution in [2.24, 2.45) is 5.73 Å². The first-order chi connectivity index (χ1) is 12.0. The van der Waals surface area contributed by atoms with Gasteiger partial charge in [-0.1, -0.05) is 38.5 Å². The minimum absolute atomic E-state index is 0.316. The summed E-state index contributed by atoms with van der Waals surface area (Å²) in [4.78, 5) is 25.8. The Hall–Kier alpha value is -1.30. The van der Waals surface area contributed by atoms with Crippen molar-refractivity contribution in [3.8, 4) is 0 Å². The van der Waals surface area contributed by atoms with Gasteiger partial charge in [0.1, 0.15) is 11.2 Å². The summed E-state index contributed by atoms with van der Waals surface area (Å²) < 4.78 is 10.7. The molecule has 2 N–H and O–H groups in total. The molecule has 0 unspecified atom stereocenters. The molecule has 6 nitrogen and oxygen atoms in total. The Labute approximate surface area is 159 Å². The maximum Gasteiger partial charge on any atom is 0.419 e. The maximum atomic E-state index is 12.3.